The number of nitrogens with two attached hydrogens (primary N) is 1. The first-order valence-electron chi connectivity index (χ1n) is 7.78. The fraction of sp³-hybridized carbons (Fsp3) is 0.588. The molecule has 5 nitrogen and oxygen atoms in total. The fourth-order valence-electron chi connectivity index (χ4n) is 2.83. The van der Waals surface area contributed by atoms with Gasteiger partial charge < -0.3 is 15.8 Å². The van der Waals surface area contributed by atoms with Gasteiger partial charge in [0.15, 0.2) is 0 Å². The molecule has 0 bridgehead atoms. The van der Waals surface area contributed by atoms with Crippen LogP contribution in [0.3, 0.4) is 0 Å². The lowest BCUT2D eigenvalue weighted by atomic mass is 9.79. The third kappa shape index (κ3) is 3.78. The quantitative estimate of drug-likeness (QED) is 0.894. The van der Waals surface area contributed by atoms with Crippen LogP contribution in [-0.4, -0.2) is 43.1 Å². The van der Waals surface area contributed by atoms with Crippen LogP contribution in [0.5, 0.6) is 5.75 Å². The highest BCUT2D eigenvalue weighted by Gasteiger charge is 2.36. The van der Waals surface area contributed by atoms with Gasteiger partial charge in [0, 0.05) is 24.8 Å². The molecular formula is C17H27N3O2. The lowest BCUT2D eigenvalue weighted by Crippen LogP contribution is -2.56. The zero-order chi connectivity index (χ0) is 16.3. The molecule has 2 rings (SSSR count). The topological polar surface area (TPSA) is 67.6 Å². The van der Waals surface area contributed by atoms with Gasteiger partial charge in [-0.05, 0) is 43.0 Å². The van der Waals surface area contributed by atoms with E-state index in [-0.39, 0.29) is 23.4 Å². The van der Waals surface area contributed by atoms with Crippen molar-refractivity contribution in [1.82, 2.24) is 4.90 Å². The van der Waals surface area contributed by atoms with Crippen LogP contribution in [0.1, 0.15) is 27.2 Å². The molecule has 1 fully saturated rings. The van der Waals surface area contributed by atoms with Crippen LogP contribution in [0.15, 0.2) is 24.3 Å². The summed E-state index contributed by atoms with van der Waals surface area (Å²) in [7, 11) is 1.62. The van der Waals surface area contributed by atoms with E-state index in [0.29, 0.717) is 0 Å². The smallest absolute Gasteiger partial charge is 0.241 e. The maximum Gasteiger partial charge on any atom is 0.241 e. The molecule has 0 saturated carbocycles. The molecule has 122 valence electrons. The van der Waals surface area contributed by atoms with Crippen molar-refractivity contribution in [3.8, 4) is 5.75 Å². The standard InChI is InChI=1S/C17H27N3O2/c1-12(20-10-9-15(18)17(2,3)11-20)16(21)19-13-5-7-14(22-4)8-6-13/h5-8,12,15H,9-11,18H2,1-4H3,(H,19,21). The van der Waals surface area contributed by atoms with Crippen LogP contribution in [0, 0.1) is 5.41 Å². The van der Waals surface area contributed by atoms with E-state index >= 15 is 0 Å². The molecule has 1 aromatic rings. The second kappa shape index (κ2) is 6.67. The second-order valence-corrected chi connectivity index (χ2v) is 6.75. The fourth-order valence-corrected chi connectivity index (χ4v) is 2.83. The molecule has 0 aromatic heterocycles. The Bertz CT molecular complexity index is 513. The van der Waals surface area contributed by atoms with E-state index in [1.54, 1.807) is 7.11 Å². The van der Waals surface area contributed by atoms with Gasteiger partial charge in [-0.25, -0.2) is 0 Å². The van der Waals surface area contributed by atoms with Crippen LogP contribution in [0.25, 0.3) is 0 Å². The molecule has 1 aromatic carbocycles. The van der Waals surface area contributed by atoms with Gasteiger partial charge in [0.25, 0.3) is 0 Å². The molecule has 0 radical (unpaired) electrons. The number of ether oxygens (including phenoxy) is 1. The number of hydrogen-bond acceptors (Lipinski definition) is 4. The third-order valence-corrected chi connectivity index (χ3v) is 4.63. The van der Waals surface area contributed by atoms with Crippen molar-refractivity contribution in [3.63, 3.8) is 0 Å². The van der Waals surface area contributed by atoms with Crippen molar-refractivity contribution < 1.29 is 9.53 Å². The first kappa shape index (κ1) is 16.8. The Morgan fingerprint density at radius 2 is 2.05 bits per heavy atom. The van der Waals surface area contributed by atoms with Crippen molar-refractivity contribution in [2.24, 2.45) is 11.1 Å². The number of methoxy groups -OCH3 is 1. The Balaban J connectivity index is 1.96. The van der Waals surface area contributed by atoms with Gasteiger partial charge >= 0.3 is 0 Å². The SMILES string of the molecule is COc1ccc(NC(=O)C(C)N2CCC(N)C(C)(C)C2)cc1. The molecule has 5 heteroatoms. The summed E-state index contributed by atoms with van der Waals surface area (Å²) in [6.07, 6.45) is 0.924. The molecule has 2 atom stereocenters. The first-order chi connectivity index (χ1) is 10.3. The van der Waals surface area contributed by atoms with Crippen LogP contribution in [0.4, 0.5) is 5.69 Å². The van der Waals surface area contributed by atoms with E-state index < -0.39 is 0 Å². The number of rotatable bonds is 4. The largest absolute Gasteiger partial charge is 0.497 e. The average molecular weight is 305 g/mol. The van der Waals surface area contributed by atoms with Gasteiger partial charge in [-0.15, -0.1) is 0 Å². The number of piperidine rings is 1. The van der Waals surface area contributed by atoms with Gasteiger partial charge in [-0.3, -0.25) is 9.69 Å². The molecule has 1 aliphatic heterocycles. The summed E-state index contributed by atoms with van der Waals surface area (Å²) in [4.78, 5) is 14.7. The van der Waals surface area contributed by atoms with Crippen molar-refractivity contribution in [2.45, 2.75) is 39.3 Å². The van der Waals surface area contributed by atoms with Gasteiger partial charge in [-0.1, -0.05) is 13.8 Å². The van der Waals surface area contributed by atoms with E-state index in [9.17, 15) is 4.79 Å². The van der Waals surface area contributed by atoms with Crippen molar-refractivity contribution >= 4 is 11.6 Å². The summed E-state index contributed by atoms with van der Waals surface area (Å²) in [5.41, 5.74) is 6.98. The predicted octanol–water partition coefficient (Wildman–Crippen LogP) is 2.08. The minimum absolute atomic E-state index is 0.0106. The van der Waals surface area contributed by atoms with Crippen LogP contribution in [-0.2, 0) is 4.79 Å². The van der Waals surface area contributed by atoms with Gasteiger partial charge in [0.05, 0.1) is 13.2 Å². The highest BCUT2D eigenvalue weighted by atomic mass is 16.5. The molecular weight excluding hydrogens is 278 g/mol. The Morgan fingerprint density at radius 1 is 1.41 bits per heavy atom. The molecule has 0 spiro atoms. The van der Waals surface area contributed by atoms with E-state index in [1.165, 1.54) is 0 Å². The molecule has 3 N–H and O–H groups in total. The second-order valence-electron chi connectivity index (χ2n) is 6.75. The number of likely N-dealkylation sites (tertiary alicyclic amines) is 1. The summed E-state index contributed by atoms with van der Waals surface area (Å²) in [5.74, 6) is 0.786. The molecule has 1 heterocycles. The number of nitrogens with zero attached hydrogens (tertiary/aromatic N) is 1. The van der Waals surface area contributed by atoms with E-state index in [0.717, 1.165) is 30.9 Å². The van der Waals surface area contributed by atoms with Gasteiger partial charge in [0.2, 0.25) is 5.91 Å². The molecule has 2 unspecified atom stereocenters. The van der Waals surface area contributed by atoms with Crippen molar-refractivity contribution in [2.75, 3.05) is 25.5 Å². The normalized spacial score (nSPS) is 22.9. The van der Waals surface area contributed by atoms with Crippen LogP contribution in [0.2, 0.25) is 0 Å². The zero-order valence-corrected chi connectivity index (χ0v) is 13.9. The molecule has 22 heavy (non-hydrogen) atoms. The Hall–Kier alpha value is -1.59. The van der Waals surface area contributed by atoms with Crippen LogP contribution >= 0.6 is 0 Å². The zero-order valence-electron chi connectivity index (χ0n) is 13.9. The highest BCUT2D eigenvalue weighted by Crippen LogP contribution is 2.29. The Labute approximate surface area is 132 Å². The molecule has 1 aliphatic rings. The molecule has 1 amide bonds. The lowest BCUT2D eigenvalue weighted by molar-refractivity contribution is -0.122. The van der Waals surface area contributed by atoms with Crippen molar-refractivity contribution in [1.29, 1.82) is 0 Å². The monoisotopic (exact) mass is 305 g/mol. The predicted molar refractivity (Wildman–Crippen MR) is 89.0 cm³/mol. The molecule has 1 saturated heterocycles. The minimum atomic E-state index is -0.172. The highest BCUT2D eigenvalue weighted by molar-refractivity contribution is 5.94. The number of nitrogens with one attached hydrogen (secondary N) is 1. The average Bonchev–Trinajstić information content (AvgIpc) is 2.50. The summed E-state index contributed by atoms with van der Waals surface area (Å²) < 4.78 is 5.12. The van der Waals surface area contributed by atoms with E-state index in [2.05, 4.69) is 24.1 Å². The summed E-state index contributed by atoms with van der Waals surface area (Å²) in [6, 6.07) is 7.39. The van der Waals surface area contributed by atoms with Crippen molar-refractivity contribution in [3.05, 3.63) is 24.3 Å². The third-order valence-electron chi connectivity index (χ3n) is 4.63. The Kier molecular flexibility index (Phi) is 5.08. The number of benzene rings is 1. The first-order valence-corrected chi connectivity index (χ1v) is 7.78. The number of anilines is 1. The van der Waals surface area contributed by atoms with E-state index in [1.807, 2.05) is 31.2 Å². The Morgan fingerprint density at radius 3 is 2.59 bits per heavy atom. The number of hydrogen-bond donors (Lipinski definition) is 2. The minimum Gasteiger partial charge on any atom is -0.497 e. The summed E-state index contributed by atoms with van der Waals surface area (Å²) in [6.45, 7) is 7.98. The number of carbonyl (C=O) groups is 1. The summed E-state index contributed by atoms with van der Waals surface area (Å²) in [5, 5.41) is 2.96. The van der Waals surface area contributed by atoms with E-state index in [4.69, 9.17) is 10.5 Å². The molecule has 0 aliphatic carbocycles. The van der Waals surface area contributed by atoms with Gasteiger partial charge in [0.1, 0.15) is 5.75 Å². The van der Waals surface area contributed by atoms with Gasteiger partial charge in [-0.2, -0.15) is 0 Å². The number of amides is 1. The lowest BCUT2D eigenvalue weighted by Gasteiger charge is -2.44. The van der Waals surface area contributed by atoms with Crippen LogP contribution < -0.4 is 15.8 Å². The maximum absolute atomic E-state index is 12.4. The number of carbonyl (C=O) groups excluding carboxylic acids is 1. The maximum atomic E-state index is 12.4. The summed E-state index contributed by atoms with van der Waals surface area (Å²) >= 11 is 0.